The molecule has 0 saturated heterocycles. The quantitative estimate of drug-likeness (QED) is 0.692. The topological polar surface area (TPSA) is 78.4 Å². The molecule has 0 atom stereocenters. The zero-order valence-electron chi connectivity index (χ0n) is 10.1. The summed E-state index contributed by atoms with van der Waals surface area (Å²) in [6.45, 7) is 2.88. The lowest BCUT2D eigenvalue weighted by Gasteiger charge is -2.05. The highest BCUT2D eigenvalue weighted by atomic mass is 16.4. The molecule has 1 aromatic carbocycles. The maximum Gasteiger partial charge on any atom is 0.328 e. The van der Waals surface area contributed by atoms with Crippen molar-refractivity contribution in [2.75, 3.05) is 6.54 Å². The van der Waals surface area contributed by atoms with Gasteiger partial charge in [-0.1, -0.05) is 24.3 Å². The average molecular weight is 248 g/mol. The van der Waals surface area contributed by atoms with Gasteiger partial charge in [-0.2, -0.15) is 0 Å². The Kier molecular flexibility index (Phi) is 5.44. The van der Waals surface area contributed by atoms with Crippen LogP contribution in [-0.4, -0.2) is 23.7 Å². The Bertz CT molecular complexity index is 438. The van der Waals surface area contributed by atoms with Crippen molar-refractivity contribution in [1.29, 1.82) is 0 Å². The fourth-order valence-electron chi connectivity index (χ4n) is 1.32. The van der Waals surface area contributed by atoms with Gasteiger partial charge in [0.2, 0.25) is 0 Å². The Morgan fingerprint density at radius 1 is 1.22 bits per heavy atom. The molecule has 2 amide bonds. The average Bonchev–Trinajstić information content (AvgIpc) is 2.35. The lowest BCUT2D eigenvalue weighted by molar-refractivity contribution is -0.131. The third-order valence-corrected chi connectivity index (χ3v) is 2.19. The van der Waals surface area contributed by atoms with Crippen LogP contribution in [0, 0.1) is 0 Å². The van der Waals surface area contributed by atoms with Crippen LogP contribution in [0.25, 0.3) is 6.08 Å². The third-order valence-electron chi connectivity index (χ3n) is 2.19. The van der Waals surface area contributed by atoms with Crippen LogP contribution >= 0.6 is 0 Å². The van der Waals surface area contributed by atoms with Crippen LogP contribution in [0.4, 0.5) is 4.79 Å². The minimum Gasteiger partial charge on any atom is -0.478 e. The van der Waals surface area contributed by atoms with E-state index in [1.54, 1.807) is 12.1 Å². The first-order valence-electron chi connectivity index (χ1n) is 5.63. The maximum absolute atomic E-state index is 11.2. The van der Waals surface area contributed by atoms with Crippen LogP contribution in [0.2, 0.25) is 0 Å². The monoisotopic (exact) mass is 248 g/mol. The molecule has 0 radical (unpaired) electrons. The van der Waals surface area contributed by atoms with Crippen molar-refractivity contribution in [2.24, 2.45) is 0 Å². The van der Waals surface area contributed by atoms with Gasteiger partial charge in [0.25, 0.3) is 0 Å². The van der Waals surface area contributed by atoms with E-state index in [4.69, 9.17) is 5.11 Å². The lowest BCUT2D eigenvalue weighted by Crippen LogP contribution is -2.34. The maximum atomic E-state index is 11.2. The van der Waals surface area contributed by atoms with Crippen LogP contribution in [0.1, 0.15) is 18.1 Å². The number of nitrogens with one attached hydrogen (secondary N) is 2. The van der Waals surface area contributed by atoms with E-state index in [0.717, 1.165) is 17.2 Å². The molecule has 0 aliphatic carbocycles. The molecule has 0 fully saturated rings. The SMILES string of the molecule is CCNC(=O)NCc1ccc(/C=C/C(=O)O)cc1. The number of rotatable bonds is 5. The van der Waals surface area contributed by atoms with Gasteiger partial charge < -0.3 is 15.7 Å². The van der Waals surface area contributed by atoms with Gasteiger partial charge in [-0.05, 0) is 24.1 Å². The van der Waals surface area contributed by atoms with Crippen molar-refractivity contribution in [3.63, 3.8) is 0 Å². The van der Waals surface area contributed by atoms with Crippen molar-refractivity contribution in [3.8, 4) is 0 Å². The third kappa shape index (κ3) is 5.16. The Morgan fingerprint density at radius 3 is 2.44 bits per heavy atom. The molecular weight excluding hydrogens is 232 g/mol. The molecule has 0 saturated carbocycles. The molecule has 0 aromatic heterocycles. The van der Waals surface area contributed by atoms with E-state index in [9.17, 15) is 9.59 Å². The molecule has 5 nitrogen and oxygen atoms in total. The minimum atomic E-state index is -0.975. The lowest BCUT2D eigenvalue weighted by atomic mass is 10.1. The normalized spacial score (nSPS) is 10.3. The number of benzene rings is 1. The van der Waals surface area contributed by atoms with E-state index in [1.165, 1.54) is 6.08 Å². The van der Waals surface area contributed by atoms with Gasteiger partial charge in [0, 0.05) is 19.2 Å². The fraction of sp³-hybridized carbons (Fsp3) is 0.231. The summed E-state index contributed by atoms with van der Waals surface area (Å²) in [5.74, 6) is -0.975. The van der Waals surface area contributed by atoms with Gasteiger partial charge in [0.1, 0.15) is 0 Å². The summed E-state index contributed by atoms with van der Waals surface area (Å²) in [4.78, 5) is 21.5. The van der Waals surface area contributed by atoms with Gasteiger partial charge in [-0.3, -0.25) is 0 Å². The minimum absolute atomic E-state index is 0.202. The predicted molar refractivity (Wildman–Crippen MR) is 69.0 cm³/mol. The highest BCUT2D eigenvalue weighted by Gasteiger charge is 1.98. The zero-order valence-corrected chi connectivity index (χ0v) is 10.1. The zero-order chi connectivity index (χ0) is 13.4. The summed E-state index contributed by atoms with van der Waals surface area (Å²) < 4.78 is 0. The fourth-order valence-corrected chi connectivity index (χ4v) is 1.32. The molecule has 5 heteroatoms. The number of aliphatic carboxylic acids is 1. The molecule has 0 bridgehead atoms. The van der Waals surface area contributed by atoms with E-state index in [1.807, 2.05) is 19.1 Å². The van der Waals surface area contributed by atoms with Gasteiger partial charge in [0.05, 0.1) is 0 Å². The molecular formula is C13H16N2O3. The summed E-state index contributed by atoms with van der Waals surface area (Å²) in [5.41, 5.74) is 1.76. The van der Waals surface area contributed by atoms with Crippen LogP contribution in [0.15, 0.2) is 30.3 Å². The van der Waals surface area contributed by atoms with Gasteiger partial charge in [-0.15, -0.1) is 0 Å². The summed E-state index contributed by atoms with van der Waals surface area (Å²) in [5, 5.41) is 13.8. The molecule has 18 heavy (non-hydrogen) atoms. The van der Waals surface area contributed by atoms with Crippen molar-refractivity contribution < 1.29 is 14.7 Å². The molecule has 1 aromatic rings. The molecule has 0 aliphatic rings. The van der Waals surface area contributed by atoms with Gasteiger partial charge in [-0.25, -0.2) is 9.59 Å². The van der Waals surface area contributed by atoms with E-state index in [-0.39, 0.29) is 6.03 Å². The van der Waals surface area contributed by atoms with Gasteiger partial charge in [0.15, 0.2) is 0 Å². The number of carboxylic acid groups (broad SMARTS) is 1. The van der Waals surface area contributed by atoms with E-state index >= 15 is 0 Å². The number of amides is 2. The number of urea groups is 1. The molecule has 96 valence electrons. The molecule has 0 heterocycles. The Labute approximate surface area is 106 Å². The Hall–Kier alpha value is -2.30. The summed E-state index contributed by atoms with van der Waals surface area (Å²) in [6.07, 6.45) is 2.60. The van der Waals surface area contributed by atoms with Crippen LogP contribution in [-0.2, 0) is 11.3 Å². The Balaban J connectivity index is 2.50. The molecule has 0 aliphatic heterocycles. The number of hydrogen-bond acceptors (Lipinski definition) is 2. The molecule has 0 spiro atoms. The highest BCUT2D eigenvalue weighted by Crippen LogP contribution is 2.06. The molecule has 3 N–H and O–H groups in total. The predicted octanol–water partition coefficient (Wildman–Crippen LogP) is 1.60. The van der Waals surface area contributed by atoms with E-state index in [2.05, 4.69) is 10.6 Å². The van der Waals surface area contributed by atoms with Crippen LogP contribution in [0.5, 0.6) is 0 Å². The summed E-state index contributed by atoms with van der Waals surface area (Å²) >= 11 is 0. The standard InChI is InChI=1S/C13H16N2O3/c1-2-14-13(18)15-9-11-5-3-10(4-6-11)7-8-12(16)17/h3-8H,2,9H2,1H3,(H,16,17)(H2,14,15,18)/b8-7+. The summed E-state index contributed by atoms with van der Waals surface area (Å²) in [6, 6.07) is 7.08. The van der Waals surface area contributed by atoms with Crippen LogP contribution in [0.3, 0.4) is 0 Å². The van der Waals surface area contributed by atoms with Crippen molar-refractivity contribution in [3.05, 3.63) is 41.5 Å². The van der Waals surface area contributed by atoms with Gasteiger partial charge >= 0.3 is 12.0 Å². The van der Waals surface area contributed by atoms with E-state index in [0.29, 0.717) is 13.1 Å². The summed E-state index contributed by atoms with van der Waals surface area (Å²) in [7, 11) is 0. The number of hydrogen-bond donors (Lipinski definition) is 3. The molecule has 1 rings (SSSR count). The van der Waals surface area contributed by atoms with E-state index < -0.39 is 5.97 Å². The second kappa shape index (κ2) is 7.11. The van der Waals surface area contributed by atoms with Crippen molar-refractivity contribution in [2.45, 2.75) is 13.5 Å². The number of carboxylic acids is 1. The second-order valence-electron chi connectivity index (χ2n) is 3.63. The Morgan fingerprint density at radius 2 is 1.89 bits per heavy atom. The largest absolute Gasteiger partial charge is 0.478 e. The van der Waals surface area contributed by atoms with Crippen molar-refractivity contribution >= 4 is 18.1 Å². The first kappa shape index (κ1) is 13.8. The van der Waals surface area contributed by atoms with Crippen molar-refractivity contribution in [1.82, 2.24) is 10.6 Å². The smallest absolute Gasteiger partial charge is 0.328 e. The van der Waals surface area contributed by atoms with Crippen LogP contribution < -0.4 is 10.6 Å². The first-order chi connectivity index (χ1) is 8.61. The molecule has 0 unspecified atom stereocenters. The first-order valence-corrected chi connectivity index (χ1v) is 5.63. The number of carbonyl (C=O) groups excluding carboxylic acids is 1. The highest BCUT2D eigenvalue weighted by molar-refractivity contribution is 5.85. The second-order valence-corrected chi connectivity index (χ2v) is 3.63. The number of carbonyl (C=O) groups is 2.